The molecule has 144 valence electrons. The number of carbonyl (C=O) groups excluding carboxylic acids is 1. The average Bonchev–Trinajstić information content (AvgIpc) is 3.16. The summed E-state index contributed by atoms with van der Waals surface area (Å²) in [4.78, 5) is 15.0. The van der Waals surface area contributed by atoms with Crippen molar-refractivity contribution in [1.82, 2.24) is 10.2 Å². The lowest BCUT2D eigenvalue weighted by atomic mass is 9.93. The molecule has 1 aromatic carbocycles. The van der Waals surface area contributed by atoms with Gasteiger partial charge < -0.3 is 19.7 Å². The van der Waals surface area contributed by atoms with Crippen molar-refractivity contribution in [2.24, 2.45) is 5.92 Å². The molecule has 2 saturated heterocycles. The van der Waals surface area contributed by atoms with Crippen LogP contribution < -0.4 is 14.8 Å². The maximum Gasteiger partial charge on any atom is 0.223 e. The lowest BCUT2D eigenvalue weighted by Gasteiger charge is -2.29. The fraction of sp³-hybridized carbons (Fsp3) is 0.650. The second-order valence-corrected chi connectivity index (χ2v) is 7.35. The number of ether oxygens (including phenoxy) is 2. The fourth-order valence-corrected chi connectivity index (χ4v) is 4.39. The van der Waals surface area contributed by atoms with E-state index in [1.54, 1.807) is 0 Å². The molecule has 0 aliphatic carbocycles. The van der Waals surface area contributed by atoms with Gasteiger partial charge in [-0.05, 0) is 57.2 Å². The number of hydrogen-bond donors (Lipinski definition) is 1. The third-order valence-corrected chi connectivity index (χ3v) is 5.75. The molecule has 0 aromatic heterocycles. The maximum atomic E-state index is 12.9. The van der Waals surface area contributed by atoms with Gasteiger partial charge in [0, 0.05) is 18.5 Å². The third kappa shape index (κ3) is 4.09. The predicted molar refractivity (Wildman–Crippen MR) is 103 cm³/mol. The van der Waals surface area contributed by atoms with Gasteiger partial charge in [0.25, 0.3) is 0 Å². The zero-order valence-corrected chi connectivity index (χ0v) is 16.1. The van der Waals surface area contributed by atoms with Crippen LogP contribution in [0.25, 0.3) is 0 Å². The largest absolute Gasteiger partial charge is 0.486 e. The molecule has 26 heavy (non-hydrogen) atoms. The summed E-state index contributed by atoms with van der Waals surface area (Å²) in [5.41, 5.74) is 1.12. The second-order valence-electron chi connectivity index (χ2n) is 7.35. The van der Waals surface area contributed by atoms with E-state index >= 15 is 0 Å². The molecule has 2 fully saturated rings. The smallest absolute Gasteiger partial charge is 0.223 e. The number of fused-ring (bicyclic) bond motifs is 1. The predicted octanol–water partition coefficient (Wildman–Crippen LogP) is 3.32. The Kier molecular flexibility index (Phi) is 6.65. The van der Waals surface area contributed by atoms with Gasteiger partial charge in [-0.25, -0.2) is 0 Å². The Labute approximate surface area is 161 Å². The van der Waals surface area contributed by atoms with Crippen LogP contribution in [0.1, 0.15) is 50.1 Å². The summed E-state index contributed by atoms with van der Waals surface area (Å²) in [6, 6.07) is 6.20. The van der Waals surface area contributed by atoms with Crippen molar-refractivity contribution < 1.29 is 14.3 Å². The molecule has 0 spiro atoms. The first-order valence-corrected chi connectivity index (χ1v) is 9.71. The van der Waals surface area contributed by atoms with E-state index in [2.05, 4.69) is 16.3 Å². The molecule has 1 aromatic rings. The zero-order valence-electron chi connectivity index (χ0n) is 15.2. The quantitative estimate of drug-likeness (QED) is 0.870. The van der Waals surface area contributed by atoms with Crippen molar-refractivity contribution in [3.05, 3.63) is 23.8 Å². The number of carbonyl (C=O) groups is 1. The van der Waals surface area contributed by atoms with Crippen molar-refractivity contribution in [3.8, 4) is 11.5 Å². The molecule has 1 atom stereocenters. The maximum absolute atomic E-state index is 12.9. The summed E-state index contributed by atoms with van der Waals surface area (Å²) >= 11 is 0. The number of nitrogens with zero attached hydrogens (tertiary/aromatic N) is 1. The first kappa shape index (κ1) is 19.3. The number of halogens is 1. The van der Waals surface area contributed by atoms with Crippen LogP contribution in [-0.4, -0.2) is 43.7 Å². The summed E-state index contributed by atoms with van der Waals surface area (Å²) in [5, 5.41) is 3.39. The van der Waals surface area contributed by atoms with E-state index in [1.807, 2.05) is 12.1 Å². The van der Waals surface area contributed by atoms with Crippen LogP contribution in [0.4, 0.5) is 0 Å². The molecule has 4 rings (SSSR count). The summed E-state index contributed by atoms with van der Waals surface area (Å²) in [6.07, 6.45) is 6.18. The van der Waals surface area contributed by atoms with Crippen molar-refractivity contribution in [1.29, 1.82) is 0 Å². The minimum absolute atomic E-state index is 0. The summed E-state index contributed by atoms with van der Waals surface area (Å²) in [6.45, 7) is 4.23. The van der Waals surface area contributed by atoms with Crippen LogP contribution in [0.5, 0.6) is 11.5 Å². The lowest BCUT2D eigenvalue weighted by Crippen LogP contribution is -2.32. The monoisotopic (exact) mass is 380 g/mol. The number of hydrogen-bond acceptors (Lipinski definition) is 4. The molecule has 1 unspecified atom stereocenters. The molecular formula is C20H29ClN2O3. The van der Waals surface area contributed by atoms with Gasteiger partial charge in [0.2, 0.25) is 5.91 Å². The van der Waals surface area contributed by atoms with Gasteiger partial charge in [0.05, 0.1) is 6.04 Å². The van der Waals surface area contributed by atoms with Crippen LogP contribution in [-0.2, 0) is 4.79 Å². The average molecular weight is 381 g/mol. The molecule has 1 amide bonds. The number of rotatable bonds is 4. The topological polar surface area (TPSA) is 50.8 Å². The molecule has 0 radical (unpaired) electrons. The molecule has 3 aliphatic rings. The highest BCUT2D eigenvalue weighted by atomic mass is 35.5. The highest BCUT2D eigenvalue weighted by Crippen LogP contribution is 2.43. The number of likely N-dealkylation sites (tertiary alicyclic amines) is 1. The number of amides is 1. The van der Waals surface area contributed by atoms with E-state index < -0.39 is 0 Å². The van der Waals surface area contributed by atoms with Gasteiger partial charge >= 0.3 is 0 Å². The van der Waals surface area contributed by atoms with Gasteiger partial charge in [-0.15, -0.1) is 12.4 Å². The van der Waals surface area contributed by atoms with Gasteiger partial charge in [-0.2, -0.15) is 0 Å². The van der Waals surface area contributed by atoms with Crippen molar-refractivity contribution in [2.75, 3.05) is 32.8 Å². The van der Waals surface area contributed by atoms with E-state index in [4.69, 9.17) is 9.47 Å². The molecule has 3 aliphatic heterocycles. The first-order valence-electron chi connectivity index (χ1n) is 9.71. The van der Waals surface area contributed by atoms with E-state index in [0.29, 0.717) is 31.5 Å². The van der Waals surface area contributed by atoms with E-state index in [1.165, 1.54) is 12.8 Å². The van der Waals surface area contributed by atoms with E-state index in [-0.39, 0.29) is 18.4 Å². The molecule has 0 bridgehead atoms. The molecular weight excluding hydrogens is 352 g/mol. The second kappa shape index (κ2) is 8.96. The van der Waals surface area contributed by atoms with E-state index in [0.717, 1.165) is 56.0 Å². The standard InChI is InChI=1S/C20H28N2O3.ClH/c23-19(7-6-15-8-10-21-11-9-15)22-12-2-4-17(22)16-3-1-5-18-20(16)25-14-13-24-18;/h1,3,5,15,17,21H,2,4,6-14H2;1H. The Bertz CT molecular complexity index is 619. The molecule has 6 heteroatoms. The Morgan fingerprint density at radius 3 is 2.81 bits per heavy atom. The minimum atomic E-state index is 0. The van der Waals surface area contributed by atoms with Gasteiger partial charge in [0.15, 0.2) is 11.5 Å². The lowest BCUT2D eigenvalue weighted by molar-refractivity contribution is -0.132. The Hall–Kier alpha value is -1.46. The number of nitrogens with one attached hydrogen (secondary N) is 1. The van der Waals surface area contributed by atoms with Crippen molar-refractivity contribution in [3.63, 3.8) is 0 Å². The SMILES string of the molecule is Cl.O=C(CCC1CCNCC1)N1CCCC1c1cccc2c1OCCO2. The summed E-state index contributed by atoms with van der Waals surface area (Å²) in [5.74, 6) is 2.66. The highest BCUT2D eigenvalue weighted by Gasteiger charge is 2.33. The fourth-order valence-electron chi connectivity index (χ4n) is 4.39. The van der Waals surface area contributed by atoms with Crippen molar-refractivity contribution in [2.45, 2.75) is 44.6 Å². The number of benzene rings is 1. The molecule has 0 saturated carbocycles. The van der Waals surface area contributed by atoms with Crippen LogP contribution in [0, 0.1) is 5.92 Å². The van der Waals surface area contributed by atoms with Crippen LogP contribution in [0.15, 0.2) is 18.2 Å². The van der Waals surface area contributed by atoms with Gasteiger partial charge in [-0.3, -0.25) is 4.79 Å². The van der Waals surface area contributed by atoms with Gasteiger partial charge in [0.1, 0.15) is 13.2 Å². The van der Waals surface area contributed by atoms with Gasteiger partial charge in [-0.1, -0.05) is 12.1 Å². The van der Waals surface area contributed by atoms with Crippen LogP contribution >= 0.6 is 12.4 Å². The normalized spacial score (nSPS) is 22.8. The van der Waals surface area contributed by atoms with Crippen LogP contribution in [0.3, 0.4) is 0 Å². The zero-order chi connectivity index (χ0) is 17.1. The number of para-hydroxylation sites is 1. The molecule has 1 N–H and O–H groups in total. The van der Waals surface area contributed by atoms with Crippen molar-refractivity contribution >= 4 is 18.3 Å². The number of piperidine rings is 1. The molecule has 5 nitrogen and oxygen atoms in total. The minimum Gasteiger partial charge on any atom is -0.486 e. The summed E-state index contributed by atoms with van der Waals surface area (Å²) in [7, 11) is 0. The Morgan fingerprint density at radius 2 is 1.96 bits per heavy atom. The van der Waals surface area contributed by atoms with Crippen LogP contribution in [0.2, 0.25) is 0 Å². The first-order chi connectivity index (χ1) is 12.3. The van der Waals surface area contributed by atoms with E-state index in [9.17, 15) is 4.79 Å². The third-order valence-electron chi connectivity index (χ3n) is 5.75. The summed E-state index contributed by atoms with van der Waals surface area (Å²) < 4.78 is 11.6. The Morgan fingerprint density at radius 1 is 1.15 bits per heavy atom. The highest BCUT2D eigenvalue weighted by molar-refractivity contribution is 5.85. The Balaban J connectivity index is 0.00000196. The molecule has 3 heterocycles.